The summed E-state index contributed by atoms with van der Waals surface area (Å²) in [6.07, 6.45) is 93.6. The lowest BCUT2D eigenvalue weighted by Gasteiger charge is -2.21. The van der Waals surface area contributed by atoms with Crippen LogP contribution in [0.5, 0.6) is 0 Å². The quantitative estimate of drug-likeness (QED) is 0.0169. The van der Waals surface area contributed by atoms with E-state index in [9.17, 15) is 43.2 Å². The Balaban J connectivity index is 5.46. The van der Waals surface area contributed by atoms with Crippen LogP contribution in [0.4, 0.5) is 0 Å². The van der Waals surface area contributed by atoms with Gasteiger partial charge in [-0.3, -0.25) is 37.3 Å². The van der Waals surface area contributed by atoms with Crippen LogP contribution in [0, 0.1) is 0 Å². The normalized spacial score (nSPS) is 14.6. The van der Waals surface area contributed by atoms with E-state index in [2.05, 4.69) is 174 Å². The molecule has 0 heterocycles. The number of aliphatic hydroxyl groups excluding tert-OH is 1. The number of unbranched alkanes of at least 4 members (excludes halogenated alkanes) is 25. The largest absolute Gasteiger partial charge is 0.472 e. The van der Waals surface area contributed by atoms with Crippen molar-refractivity contribution in [1.82, 2.24) is 0 Å². The van der Waals surface area contributed by atoms with Crippen molar-refractivity contribution in [3.05, 3.63) is 158 Å². The van der Waals surface area contributed by atoms with Crippen LogP contribution < -0.4 is 0 Å². The number of rotatable bonds is 77. The van der Waals surface area contributed by atoms with Crippen LogP contribution in [-0.2, 0) is 65.4 Å². The molecule has 0 radical (unpaired) electrons. The number of allylic oxidation sites excluding steroid dienone is 26. The molecule has 5 atom stereocenters. The van der Waals surface area contributed by atoms with Crippen LogP contribution in [0.1, 0.15) is 323 Å². The fourth-order valence-corrected chi connectivity index (χ4v) is 12.3. The minimum atomic E-state index is -5.01. The Hall–Kier alpha value is -5.32. The van der Waals surface area contributed by atoms with Gasteiger partial charge in [0.05, 0.1) is 26.4 Å². The van der Waals surface area contributed by atoms with Crippen LogP contribution >= 0.6 is 15.6 Å². The van der Waals surface area contributed by atoms with Gasteiger partial charge in [-0.1, -0.05) is 314 Å². The van der Waals surface area contributed by atoms with E-state index >= 15 is 0 Å². The number of phosphoric acid groups is 2. The third-order valence-electron chi connectivity index (χ3n) is 17.0. The summed E-state index contributed by atoms with van der Waals surface area (Å²) >= 11 is 0. The second-order valence-corrected chi connectivity index (χ2v) is 30.2. The summed E-state index contributed by atoms with van der Waals surface area (Å²) in [6, 6.07) is 0. The first-order valence-electron chi connectivity index (χ1n) is 41.7. The molecule has 616 valence electrons. The molecule has 0 spiro atoms. The second kappa shape index (κ2) is 79.8. The SMILES string of the molecule is CC/C=C\C/C=C\C/C=C\C/C=C\C/C=C\CCCCCC(=O)OCC(COP(=O)(O)OCC(O)COP(=O)(O)OCC(COC(=O)CCCCCCCCC/C=C\C/C=C\C/C=C\CC)OC(=O)CCCCCCCCCCCCCCCCC)OC(=O)CCC/C=C\C/C=C\C/C=C\C/C=C\C/C=C\CC. The fraction of sp³-hybridized carbons (Fsp3) is 0.663. The molecule has 0 saturated heterocycles. The number of hydrogen-bond acceptors (Lipinski definition) is 15. The summed E-state index contributed by atoms with van der Waals surface area (Å²) in [5, 5.41) is 10.7. The number of carbonyl (C=O) groups excluding carboxylic acids is 4. The predicted octanol–water partition coefficient (Wildman–Crippen LogP) is 24.8. The number of phosphoric ester groups is 2. The van der Waals surface area contributed by atoms with E-state index in [4.69, 9.17) is 37.0 Å². The minimum absolute atomic E-state index is 0.00410. The average Bonchev–Trinajstić information content (AvgIpc) is 0.906. The molecule has 0 saturated carbocycles. The summed E-state index contributed by atoms with van der Waals surface area (Å²) in [5.41, 5.74) is 0. The van der Waals surface area contributed by atoms with Crippen molar-refractivity contribution in [2.75, 3.05) is 39.6 Å². The lowest BCUT2D eigenvalue weighted by atomic mass is 10.0. The van der Waals surface area contributed by atoms with Crippen LogP contribution in [0.25, 0.3) is 0 Å². The Morgan fingerprint density at radius 2 is 0.491 bits per heavy atom. The van der Waals surface area contributed by atoms with E-state index in [1.807, 2.05) is 12.2 Å². The van der Waals surface area contributed by atoms with Gasteiger partial charge >= 0.3 is 39.5 Å². The van der Waals surface area contributed by atoms with Crippen LogP contribution in [0.2, 0.25) is 0 Å². The van der Waals surface area contributed by atoms with Gasteiger partial charge in [0.1, 0.15) is 19.3 Å². The van der Waals surface area contributed by atoms with Gasteiger partial charge in [-0.15, -0.1) is 0 Å². The van der Waals surface area contributed by atoms with Crippen molar-refractivity contribution in [3.8, 4) is 0 Å². The Kier molecular flexibility index (Phi) is 75.8. The van der Waals surface area contributed by atoms with E-state index in [1.165, 1.54) is 64.2 Å². The molecule has 108 heavy (non-hydrogen) atoms. The third-order valence-corrected chi connectivity index (χ3v) is 18.9. The van der Waals surface area contributed by atoms with Gasteiger partial charge in [0.2, 0.25) is 0 Å². The number of carbonyl (C=O) groups is 4. The molecular formula is C89H148O17P2. The molecule has 5 unspecified atom stereocenters. The number of hydrogen-bond donors (Lipinski definition) is 3. The molecule has 0 aromatic heterocycles. The summed E-state index contributed by atoms with van der Waals surface area (Å²) in [7, 11) is -10.0. The molecule has 0 amide bonds. The van der Waals surface area contributed by atoms with Crippen molar-refractivity contribution < 1.29 is 80.2 Å². The highest BCUT2D eigenvalue weighted by atomic mass is 31.2. The maximum absolute atomic E-state index is 13.1. The average molecular weight is 1550 g/mol. The second-order valence-electron chi connectivity index (χ2n) is 27.3. The number of esters is 4. The van der Waals surface area contributed by atoms with Crippen molar-refractivity contribution in [2.24, 2.45) is 0 Å². The molecule has 0 fully saturated rings. The Morgan fingerprint density at radius 1 is 0.269 bits per heavy atom. The van der Waals surface area contributed by atoms with Crippen molar-refractivity contribution >= 4 is 39.5 Å². The molecule has 0 aromatic carbocycles. The van der Waals surface area contributed by atoms with Gasteiger partial charge in [0.15, 0.2) is 12.2 Å². The smallest absolute Gasteiger partial charge is 0.462 e. The van der Waals surface area contributed by atoms with E-state index in [1.54, 1.807) is 0 Å². The first kappa shape index (κ1) is 103. The zero-order valence-corrected chi connectivity index (χ0v) is 69.3. The highest BCUT2D eigenvalue weighted by molar-refractivity contribution is 7.47. The summed E-state index contributed by atoms with van der Waals surface area (Å²) < 4.78 is 68.7. The zero-order chi connectivity index (χ0) is 78.9. The topological polar surface area (TPSA) is 237 Å². The van der Waals surface area contributed by atoms with Crippen LogP contribution in [0.15, 0.2) is 158 Å². The monoisotopic (exact) mass is 1550 g/mol. The van der Waals surface area contributed by atoms with Gasteiger partial charge in [-0.2, -0.15) is 0 Å². The Morgan fingerprint density at radius 3 is 0.787 bits per heavy atom. The van der Waals surface area contributed by atoms with Gasteiger partial charge in [0, 0.05) is 25.7 Å². The molecule has 19 heteroatoms. The van der Waals surface area contributed by atoms with Crippen LogP contribution in [0.3, 0.4) is 0 Å². The van der Waals surface area contributed by atoms with E-state index < -0.39 is 97.5 Å². The third kappa shape index (κ3) is 78.8. The number of aliphatic hydroxyl groups is 1. The molecule has 0 aromatic rings. The summed E-state index contributed by atoms with van der Waals surface area (Å²) in [4.78, 5) is 73.2. The lowest BCUT2D eigenvalue weighted by Crippen LogP contribution is -2.30. The maximum atomic E-state index is 13.1. The van der Waals surface area contributed by atoms with Gasteiger partial charge in [0.25, 0.3) is 0 Å². The fourth-order valence-electron chi connectivity index (χ4n) is 10.8. The molecule has 0 rings (SSSR count). The highest BCUT2D eigenvalue weighted by Crippen LogP contribution is 2.45. The first-order valence-corrected chi connectivity index (χ1v) is 44.7. The van der Waals surface area contributed by atoms with Gasteiger partial charge < -0.3 is 33.8 Å². The van der Waals surface area contributed by atoms with Crippen molar-refractivity contribution in [1.29, 1.82) is 0 Å². The van der Waals surface area contributed by atoms with E-state index in [0.29, 0.717) is 32.1 Å². The Labute approximate surface area is 655 Å². The van der Waals surface area contributed by atoms with Gasteiger partial charge in [-0.25, -0.2) is 9.13 Å². The molecule has 0 bridgehead atoms. The van der Waals surface area contributed by atoms with Crippen molar-refractivity contribution in [3.63, 3.8) is 0 Å². The molecule has 3 N–H and O–H groups in total. The van der Waals surface area contributed by atoms with Crippen molar-refractivity contribution in [2.45, 2.75) is 341 Å². The van der Waals surface area contributed by atoms with E-state index in [0.717, 1.165) is 173 Å². The molecular weight excluding hydrogens is 1400 g/mol. The number of ether oxygens (including phenoxy) is 4. The highest BCUT2D eigenvalue weighted by Gasteiger charge is 2.30. The molecule has 0 aliphatic rings. The lowest BCUT2D eigenvalue weighted by molar-refractivity contribution is -0.161. The summed E-state index contributed by atoms with van der Waals surface area (Å²) in [5.74, 6) is -2.29. The maximum Gasteiger partial charge on any atom is 0.472 e. The van der Waals surface area contributed by atoms with Crippen LogP contribution in [-0.4, -0.2) is 96.7 Å². The first-order chi connectivity index (χ1) is 52.7. The molecule has 0 aliphatic carbocycles. The molecule has 17 nitrogen and oxygen atoms in total. The molecule has 0 aliphatic heterocycles. The standard InChI is InChI=1S/C89H148O17P2/c1-5-9-13-17-21-25-29-33-37-40-41-44-47-50-54-58-62-66-70-74-87(92)100-80-85(106-89(94)76-72-68-64-60-56-52-48-43-39-35-31-27-23-19-15-11-7-3)82-104-108(97,98)102-78-83(90)77-101-107(95,96)103-81-84(105-88(93)75-71-67-63-59-55-51-45-36-32-28-24-20-16-12-8-4)79-99-86(91)73-69-65-61-57-53-49-46-42-38-34-30-26-22-18-14-10-6-2/h9-11,13-15,21-23,25-27,33-35,37-39,41,44,48,50,52,54,60,64,83-85,90H,5-8,12,16-20,24,28-32,36,40,42-43,45-47,49,51,53,55-59,61-63,65-82H2,1-4H3,(H,95,96)(H,97,98)/b13-9-,14-10-,15-11-,25-21-,26-22-,27-23-,37-33-,38-34-,39-35-,44-41-,52-48-,54-50-,64-60-. The zero-order valence-electron chi connectivity index (χ0n) is 67.5. The van der Waals surface area contributed by atoms with Gasteiger partial charge in [-0.05, 0) is 141 Å². The predicted molar refractivity (Wildman–Crippen MR) is 445 cm³/mol. The van der Waals surface area contributed by atoms with E-state index in [-0.39, 0.29) is 25.7 Å². The Bertz CT molecular complexity index is 2660. The minimum Gasteiger partial charge on any atom is -0.462 e. The summed E-state index contributed by atoms with van der Waals surface area (Å²) in [6.45, 7) is 4.45.